The summed E-state index contributed by atoms with van der Waals surface area (Å²) in [6.07, 6.45) is 5.49. The molecule has 0 bridgehead atoms. The van der Waals surface area contributed by atoms with Gasteiger partial charge < -0.3 is 25.5 Å². The average Bonchev–Trinajstić information content (AvgIpc) is 3.57. The highest BCUT2D eigenvalue weighted by Crippen LogP contribution is 2.34. The SMILES string of the molecule is CC(C)(C)OC(=O)n1ccc2c(-c3cc(C(=O)c4nc5ccc(N6CCC(O)CC6)nc5[nH]4)ccc3N)cncc21. The minimum atomic E-state index is -0.650. The third-order valence-electron chi connectivity index (χ3n) is 7.14. The van der Waals surface area contributed by atoms with Gasteiger partial charge in [0.2, 0.25) is 5.78 Å². The normalized spacial score (nSPS) is 14.6. The topological polar surface area (TPSA) is 152 Å². The van der Waals surface area contributed by atoms with Crippen molar-refractivity contribution in [1.82, 2.24) is 24.5 Å². The molecule has 11 heteroatoms. The Labute approximate surface area is 236 Å². The number of aliphatic hydroxyl groups excluding tert-OH is 1. The van der Waals surface area contributed by atoms with Gasteiger partial charge in [-0.2, -0.15) is 0 Å². The number of aliphatic hydroxyl groups is 1. The van der Waals surface area contributed by atoms with Crippen LogP contribution in [0.2, 0.25) is 0 Å². The summed E-state index contributed by atoms with van der Waals surface area (Å²) in [7, 11) is 0. The molecule has 1 saturated heterocycles. The van der Waals surface area contributed by atoms with Gasteiger partial charge in [0, 0.05) is 53.2 Å². The first kappa shape index (κ1) is 26.5. The first-order valence-corrected chi connectivity index (χ1v) is 13.5. The van der Waals surface area contributed by atoms with Crippen LogP contribution >= 0.6 is 0 Å². The lowest BCUT2D eigenvalue weighted by molar-refractivity contribution is 0.0544. The van der Waals surface area contributed by atoms with Crippen LogP contribution < -0.4 is 10.6 Å². The zero-order valence-corrected chi connectivity index (χ0v) is 23.1. The summed E-state index contributed by atoms with van der Waals surface area (Å²) in [6.45, 7) is 6.86. The van der Waals surface area contributed by atoms with Crippen LogP contribution in [-0.2, 0) is 4.74 Å². The number of fused-ring (bicyclic) bond motifs is 2. The van der Waals surface area contributed by atoms with Crippen LogP contribution in [0.5, 0.6) is 0 Å². The van der Waals surface area contributed by atoms with Crippen molar-refractivity contribution in [3.8, 4) is 11.1 Å². The number of nitrogen functional groups attached to an aromatic ring is 1. The molecular weight excluding hydrogens is 522 g/mol. The van der Waals surface area contributed by atoms with Gasteiger partial charge in [-0.15, -0.1) is 0 Å². The molecule has 5 heterocycles. The van der Waals surface area contributed by atoms with E-state index in [1.165, 1.54) is 4.57 Å². The Morgan fingerprint density at radius 3 is 2.59 bits per heavy atom. The van der Waals surface area contributed by atoms with Crippen LogP contribution in [0.1, 0.15) is 49.8 Å². The zero-order chi connectivity index (χ0) is 28.9. The first-order chi connectivity index (χ1) is 19.6. The largest absolute Gasteiger partial charge is 0.443 e. The van der Waals surface area contributed by atoms with E-state index in [0.29, 0.717) is 51.9 Å². The molecule has 5 aromatic rings. The predicted molar refractivity (Wildman–Crippen MR) is 156 cm³/mol. The molecule has 4 aromatic heterocycles. The number of imidazole rings is 1. The lowest BCUT2D eigenvalue weighted by atomic mass is 9.98. The molecule has 11 nitrogen and oxygen atoms in total. The lowest BCUT2D eigenvalue weighted by Crippen LogP contribution is -2.36. The maximum absolute atomic E-state index is 13.5. The predicted octanol–water partition coefficient (Wildman–Crippen LogP) is 4.53. The molecule has 210 valence electrons. The number of carbonyl (C=O) groups excluding carboxylic acids is 2. The van der Waals surface area contributed by atoms with Crippen molar-refractivity contribution < 1.29 is 19.4 Å². The van der Waals surface area contributed by atoms with E-state index in [1.807, 2.05) is 12.1 Å². The number of H-pyrrole nitrogens is 1. The number of nitrogens with one attached hydrogen (secondary N) is 1. The molecule has 1 aromatic carbocycles. The van der Waals surface area contributed by atoms with Crippen molar-refractivity contribution in [3.63, 3.8) is 0 Å². The number of benzene rings is 1. The Morgan fingerprint density at radius 1 is 1.05 bits per heavy atom. The van der Waals surface area contributed by atoms with Gasteiger partial charge in [-0.25, -0.2) is 14.8 Å². The van der Waals surface area contributed by atoms with Crippen molar-refractivity contribution in [1.29, 1.82) is 0 Å². The smallest absolute Gasteiger partial charge is 0.419 e. The number of ether oxygens (including phenoxy) is 1. The molecular formula is C30H31N7O4. The second kappa shape index (κ2) is 10.0. The van der Waals surface area contributed by atoms with Gasteiger partial charge in [-0.3, -0.25) is 14.3 Å². The van der Waals surface area contributed by atoms with Crippen LogP contribution in [0, 0.1) is 0 Å². The first-order valence-electron chi connectivity index (χ1n) is 13.5. The monoisotopic (exact) mass is 553 g/mol. The van der Waals surface area contributed by atoms with Gasteiger partial charge in [0.25, 0.3) is 0 Å². The molecule has 6 rings (SSSR count). The van der Waals surface area contributed by atoms with E-state index in [1.54, 1.807) is 63.6 Å². The number of aromatic nitrogens is 5. The van der Waals surface area contributed by atoms with E-state index in [0.717, 1.165) is 24.3 Å². The summed E-state index contributed by atoms with van der Waals surface area (Å²) >= 11 is 0. The van der Waals surface area contributed by atoms with E-state index in [4.69, 9.17) is 10.5 Å². The molecule has 0 atom stereocenters. The van der Waals surface area contributed by atoms with Gasteiger partial charge >= 0.3 is 6.09 Å². The summed E-state index contributed by atoms with van der Waals surface area (Å²) in [5.41, 5.74) is 9.53. The number of nitrogens with zero attached hydrogens (tertiary/aromatic N) is 5. The fraction of sp³-hybridized carbons (Fsp3) is 0.300. The molecule has 0 radical (unpaired) electrons. The molecule has 0 saturated carbocycles. The molecule has 1 aliphatic heterocycles. The minimum Gasteiger partial charge on any atom is -0.443 e. The van der Waals surface area contributed by atoms with Gasteiger partial charge in [0.05, 0.1) is 17.8 Å². The van der Waals surface area contributed by atoms with Gasteiger partial charge in [-0.05, 0) is 70.0 Å². The van der Waals surface area contributed by atoms with Crippen LogP contribution in [0.25, 0.3) is 33.2 Å². The number of aromatic amines is 1. The van der Waals surface area contributed by atoms with E-state index < -0.39 is 11.7 Å². The Morgan fingerprint density at radius 2 is 1.83 bits per heavy atom. The number of nitrogens with two attached hydrogens (primary N) is 1. The van der Waals surface area contributed by atoms with Crippen molar-refractivity contribution >= 4 is 45.4 Å². The molecule has 0 spiro atoms. The van der Waals surface area contributed by atoms with Gasteiger partial charge in [0.1, 0.15) is 16.9 Å². The van der Waals surface area contributed by atoms with Crippen molar-refractivity contribution in [2.24, 2.45) is 0 Å². The third kappa shape index (κ3) is 5.11. The summed E-state index contributed by atoms with van der Waals surface area (Å²) in [5.74, 6) is 0.640. The average molecular weight is 554 g/mol. The number of piperidine rings is 1. The number of hydrogen-bond donors (Lipinski definition) is 3. The second-order valence-corrected chi connectivity index (χ2v) is 11.3. The number of pyridine rings is 2. The highest BCUT2D eigenvalue weighted by Gasteiger charge is 2.23. The number of anilines is 2. The van der Waals surface area contributed by atoms with E-state index >= 15 is 0 Å². The van der Waals surface area contributed by atoms with E-state index in [9.17, 15) is 14.7 Å². The van der Waals surface area contributed by atoms with E-state index in [2.05, 4.69) is 24.8 Å². The molecule has 4 N–H and O–H groups in total. The number of hydrogen-bond acceptors (Lipinski definition) is 9. The fourth-order valence-electron chi connectivity index (χ4n) is 5.07. The Kier molecular flexibility index (Phi) is 6.46. The van der Waals surface area contributed by atoms with Crippen molar-refractivity contribution in [2.45, 2.75) is 45.3 Å². The molecule has 0 unspecified atom stereocenters. The Bertz CT molecular complexity index is 1790. The summed E-state index contributed by atoms with van der Waals surface area (Å²) < 4.78 is 6.94. The molecule has 0 amide bonds. The molecule has 0 aliphatic carbocycles. The maximum Gasteiger partial charge on any atom is 0.419 e. The summed E-state index contributed by atoms with van der Waals surface area (Å²) in [6, 6.07) is 10.6. The highest BCUT2D eigenvalue weighted by atomic mass is 16.6. The standard InChI is InChI=1S/C30H31N7O4/c1-30(2,3)41-29(40)37-13-10-19-21(15-32-16-24(19)37)20-14-17(4-5-22(20)31)26(39)28-33-23-6-7-25(34-27(23)35-28)36-11-8-18(38)9-12-36/h4-7,10,13-16,18,38H,8-9,11-12,31H2,1-3H3,(H,33,34,35). The van der Waals surface area contributed by atoms with Crippen LogP contribution in [0.4, 0.5) is 16.3 Å². The molecule has 1 fully saturated rings. The number of carbonyl (C=O) groups is 2. The Balaban J connectivity index is 1.32. The van der Waals surface area contributed by atoms with Crippen LogP contribution in [0.3, 0.4) is 0 Å². The zero-order valence-electron chi connectivity index (χ0n) is 23.1. The summed E-state index contributed by atoms with van der Waals surface area (Å²) in [5, 5.41) is 10.6. The molecule has 1 aliphatic rings. The summed E-state index contributed by atoms with van der Waals surface area (Å²) in [4.78, 5) is 45.0. The quantitative estimate of drug-likeness (QED) is 0.215. The lowest BCUT2D eigenvalue weighted by Gasteiger charge is -2.30. The van der Waals surface area contributed by atoms with Gasteiger partial charge in [0.15, 0.2) is 11.5 Å². The number of ketones is 1. The minimum absolute atomic E-state index is 0.168. The highest BCUT2D eigenvalue weighted by molar-refractivity contribution is 6.10. The fourth-order valence-corrected chi connectivity index (χ4v) is 5.07. The Hall–Kier alpha value is -4.77. The second-order valence-electron chi connectivity index (χ2n) is 11.3. The number of rotatable bonds is 4. The van der Waals surface area contributed by atoms with Crippen LogP contribution in [-0.4, -0.2) is 66.3 Å². The van der Waals surface area contributed by atoms with E-state index in [-0.39, 0.29) is 17.7 Å². The molecule has 41 heavy (non-hydrogen) atoms. The van der Waals surface area contributed by atoms with Gasteiger partial charge in [-0.1, -0.05) is 0 Å². The van der Waals surface area contributed by atoms with Crippen molar-refractivity contribution in [3.05, 3.63) is 66.4 Å². The third-order valence-corrected chi connectivity index (χ3v) is 7.14. The van der Waals surface area contributed by atoms with Crippen LogP contribution in [0.15, 0.2) is 55.0 Å². The maximum atomic E-state index is 13.5. The van der Waals surface area contributed by atoms with Crippen molar-refractivity contribution in [2.75, 3.05) is 23.7 Å².